The van der Waals surface area contributed by atoms with Crippen molar-refractivity contribution >= 4 is 5.96 Å². The highest BCUT2D eigenvalue weighted by Gasteiger charge is 2.26. The van der Waals surface area contributed by atoms with Crippen LogP contribution in [0.3, 0.4) is 0 Å². The molecule has 4 rings (SSSR count). The quantitative estimate of drug-likeness (QED) is 0.547. The van der Waals surface area contributed by atoms with Crippen molar-refractivity contribution < 1.29 is 4.74 Å². The molecule has 0 bridgehead atoms. The summed E-state index contributed by atoms with van der Waals surface area (Å²) < 4.78 is 7.97. The third-order valence-corrected chi connectivity index (χ3v) is 4.75. The maximum atomic E-state index is 5.98. The van der Waals surface area contributed by atoms with E-state index in [1.807, 2.05) is 36.0 Å². The molecule has 0 radical (unpaired) electrons. The molecule has 7 heteroatoms. The third-order valence-electron chi connectivity index (χ3n) is 4.75. The number of nitrogens with zero attached hydrogens (tertiary/aromatic N) is 5. The first-order chi connectivity index (χ1) is 13.8. The molecule has 7 nitrogen and oxygen atoms in total. The molecule has 144 valence electrons. The first kappa shape index (κ1) is 18.0. The summed E-state index contributed by atoms with van der Waals surface area (Å²) in [6.45, 7) is 2.41. The Hall–Kier alpha value is -3.35. The second-order valence-electron chi connectivity index (χ2n) is 6.68. The number of guanidine groups is 1. The van der Waals surface area contributed by atoms with Crippen LogP contribution in [0.25, 0.3) is 5.69 Å². The summed E-state index contributed by atoms with van der Waals surface area (Å²) in [5.41, 5.74) is 2.28. The molecular weight excluding hydrogens is 352 g/mol. The van der Waals surface area contributed by atoms with Crippen molar-refractivity contribution in [1.29, 1.82) is 0 Å². The Morgan fingerprint density at radius 1 is 1.25 bits per heavy atom. The number of hydrogen-bond donors (Lipinski definition) is 1. The van der Waals surface area contributed by atoms with Crippen molar-refractivity contribution in [2.24, 2.45) is 4.99 Å². The largest absolute Gasteiger partial charge is 0.472 e. The van der Waals surface area contributed by atoms with Crippen LogP contribution in [0.5, 0.6) is 5.88 Å². The Labute approximate surface area is 164 Å². The van der Waals surface area contributed by atoms with Crippen molar-refractivity contribution in [3.05, 3.63) is 72.9 Å². The van der Waals surface area contributed by atoms with E-state index in [0.29, 0.717) is 12.4 Å². The van der Waals surface area contributed by atoms with Crippen molar-refractivity contribution in [2.45, 2.75) is 19.1 Å². The zero-order valence-corrected chi connectivity index (χ0v) is 15.9. The highest BCUT2D eigenvalue weighted by molar-refractivity contribution is 5.80. The first-order valence-electron chi connectivity index (χ1n) is 9.42. The average Bonchev–Trinajstić information content (AvgIpc) is 3.42. The lowest BCUT2D eigenvalue weighted by molar-refractivity contribution is 0.205. The Morgan fingerprint density at radius 2 is 2.21 bits per heavy atom. The number of ether oxygens (including phenoxy) is 1. The van der Waals surface area contributed by atoms with E-state index in [2.05, 4.69) is 49.4 Å². The van der Waals surface area contributed by atoms with Gasteiger partial charge in [0.2, 0.25) is 5.88 Å². The predicted octanol–water partition coefficient (Wildman–Crippen LogP) is 2.50. The molecule has 1 atom stereocenters. The van der Waals surface area contributed by atoms with E-state index in [1.54, 1.807) is 18.7 Å². The summed E-state index contributed by atoms with van der Waals surface area (Å²) in [6.07, 6.45) is 8.35. The van der Waals surface area contributed by atoms with Gasteiger partial charge in [-0.3, -0.25) is 4.99 Å². The van der Waals surface area contributed by atoms with E-state index in [9.17, 15) is 0 Å². The van der Waals surface area contributed by atoms with Crippen molar-refractivity contribution in [3.8, 4) is 11.6 Å². The molecule has 1 aliphatic rings. The van der Waals surface area contributed by atoms with E-state index < -0.39 is 0 Å². The monoisotopic (exact) mass is 376 g/mol. The summed E-state index contributed by atoms with van der Waals surface area (Å²) in [6, 6.07) is 14.1. The van der Waals surface area contributed by atoms with Crippen LogP contribution in [0.15, 0.2) is 72.4 Å². The van der Waals surface area contributed by atoms with Gasteiger partial charge < -0.3 is 19.5 Å². The van der Waals surface area contributed by atoms with Gasteiger partial charge in [-0.15, -0.1) is 0 Å². The van der Waals surface area contributed by atoms with Gasteiger partial charge in [0.05, 0.1) is 12.9 Å². The van der Waals surface area contributed by atoms with E-state index >= 15 is 0 Å². The molecule has 2 aromatic heterocycles. The van der Waals surface area contributed by atoms with E-state index in [0.717, 1.165) is 31.2 Å². The van der Waals surface area contributed by atoms with E-state index in [4.69, 9.17) is 4.74 Å². The maximum Gasteiger partial charge on any atom is 0.213 e. The van der Waals surface area contributed by atoms with Gasteiger partial charge in [0.1, 0.15) is 6.10 Å². The van der Waals surface area contributed by atoms with Gasteiger partial charge in [-0.05, 0) is 23.8 Å². The van der Waals surface area contributed by atoms with Crippen molar-refractivity contribution in [2.75, 3.05) is 20.1 Å². The molecule has 3 heterocycles. The zero-order chi connectivity index (χ0) is 19.2. The molecule has 1 fully saturated rings. The Morgan fingerprint density at radius 3 is 3.00 bits per heavy atom. The molecule has 1 aromatic carbocycles. The SMILES string of the molecule is CN=C(NCc1cccc(-n2ccnc2)c1)N1CCC(Oc2ccccn2)C1. The number of nitrogens with one attached hydrogen (secondary N) is 1. The summed E-state index contributed by atoms with van der Waals surface area (Å²) in [4.78, 5) is 15.0. The van der Waals surface area contributed by atoms with Gasteiger partial charge in [0.25, 0.3) is 0 Å². The van der Waals surface area contributed by atoms with Crippen LogP contribution in [0.2, 0.25) is 0 Å². The van der Waals surface area contributed by atoms with Crippen LogP contribution in [-0.2, 0) is 6.54 Å². The minimum absolute atomic E-state index is 0.123. The number of hydrogen-bond acceptors (Lipinski definition) is 4. The summed E-state index contributed by atoms with van der Waals surface area (Å²) in [5.74, 6) is 1.56. The van der Waals surface area contributed by atoms with E-state index in [1.165, 1.54) is 5.56 Å². The summed E-state index contributed by atoms with van der Waals surface area (Å²) >= 11 is 0. The molecule has 0 saturated carbocycles. The molecule has 3 aromatic rings. The standard InChI is InChI=1S/C21H24N6O/c1-22-21(26-11-8-19(15-26)28-20-7-2-3-9-24-20)25-14-17-5-4-6-18(13-17)27-12-10-23-16-27/h2-7,9-10,12-13,16,19H,8,11,14-15H2,1H3,(H,22,25). The highest BCUT2D eigenvalue weighted by atomic mass is 16.5. The van der Waals surface area contributed by atoms with Gasteiger partial charge in [-0.1, -0.05) is 18.2 Å². The number of aromatic nitrogens is 3. The molecule has 1 aliphatic heterocycles. The fourth-order valence-corrected chi connectivity index (χ4v) is 3.36. The van der Waals surface area contributed by atoms with Gasteiger partial charge in [-0.2, -0.15) is 0 Å². The normalized spacial score (nSPS) is 17.0. The lowest BCUT2D eigenvalue weighted by Crippen LogP contribution is -2.40. The molecule has 28 heavy (non-hydrogen) atoms. The minimum Gasteiger partial charge on any atom is -0.472 e. The fourth-order valence-electron chi connectivity index (χ4n) is 3.36. The minimum atomic E-state index is 0.123. The predicted molar refractivity (Wildman–Crippen MR) is 109 cm³/mol. The summed E-state index contributed by atoms with van der Waals surface area (Å²) in [5, 5.41) is 3.46. The number of likely N-dealkylation sites (tertiary alicyclic amines) is 1. The lowest BCUT2D eigenvalue weighted by atomic mass is 10.2. The molecule has 0 amide bonds. The molecule has 1 N–H and O–H groups in total. The second kappa shape index (κ2) is 8.56. The lowest BCUT2D eigenvalue weighted by Gasteiger charge is -2.22. The molecular formula is C21H24N6O. The first-order valence-corrected chi connectivity index (χ1v) is 9.42. The number of pyridine rings is 1. The summed E-state index contributed by atoms with van der Waals surface area (Å²) in [7, 11) is 1.82. The Balaban J connectivity index is 1.34. The average molecular weight is 376 g/mol. The molecule has 1 saturated heterocycles. The van der Waals surface area contributed by atoms with Gasteiger partial charge in [0, 0.05) is 56.9 Å². The maximum absolute atomic E-state index is 5.98. The fraction of sp³-hybridized carbons (Fsp3) is 0.286. The smallest absolute Gasteiger partial charge is 0.213 e. The third kappa shape index (κ3) is 4.31. The van der Waals surface area contributed by atoms with Crippen LogP contribution in [0.1, 0.15) is 12.0 Å². The number of imidazole rings is 1. The number of rotatable bonds is 5. The van der Waals surface area contributed by atoms with Crippen molar-refractivity contribution in [3.63, 3.8) is 0 Å². The van der Waals surface area contributed by atoms with Crippen LogP contribution >= 0.6 is 0 Å². The molecule has 0 spiro atoms. The van der Waals surface area contributed by atoms with Crippen LogP contribution in [-0.4, -0.2) is 51.6 Å². The molecule has 0 aliphatic carbocycles. The van der Waals surface area contributed by atoms with E-state index in [-0.39, 0.29) is 6.10 Å². The highest BCUT2D eigenvalue weighted by Crippen LogP contribution is 2.16. The van der Waals surface area contributed by atoms with Crippen molar-refractivity contribution in [1.82, 2.24) is 24.8 Å². The molecule has 1 unspecified atom stereocenters. The van der Waals surface area contributed by atoms with Crippen LogP contribution < -0.4 is 10.1 Å². The topological polar surface area (TPSA) is 67.6 Å². The number of benzene rings is 1. The van der Waals surface area contributed by atoms with Gasteiger partial charge in [0.15, 0.2) is 5.96 Å². The van der Waals surface area contributed by atoms with Crippen LogP contribution in [0.4, 0.5) is 0 Å². The van der Waals surface area contributed by atoms with Gasteiger partial charge in [-0.25, -0.2) is 9.97 Å². The van der Waals surface area contributed by atoms with Crippen LogP contribution in [0, 0.1) is 0 Å². The Bertz CT molecular complexity index is 910. The zero-order valence-electron chi connectivity index (χ0n) is 15.9. The second-order valence-corrected chi connectivity index (χ2v) is 6.68. The number of aliphatic imine (C=N–C) groups is 1. The van der Waals surface area contributed by atoms with Gasteiger partial charge >= 0.3 is 0 Å². The Kier molecular flexibility index (Phi) is 5.51.